The minimum atomic E-state index is -0.508. The van der Waals surface area contributed by atoms with E-state index in [9.17, 15) is 14.0 Å². The van der Waals surface area contributed by atoms with Crippen molar-refractivity contribution in [2.24, 2.45) is 5.10 Å². The van der Waals surface area contributed by atoms with Gasteiger partial charge in [-0.05, 0) is 36.4 Å². The first-order valence-electron chi connectivity index (χ1n) is 6.74. The molecule has 1 heterocycles. The molecule has 0 radical (unpaired) electrons. The van der Waals surface area contributed by atoms with Crippen LogP contribution in [-0.4, -0.2) is 12.1 Å². The summed E-state index contributed by atoms with van der Waals surface area (Å²) in [4.78, 5) is 24.0. The predicted octanol–water partition coefficient (Wildman–Crippen LogP) is 2.70. The zero-order valence-electron chi connectivity index (χ0n) is 11.8. The Morgan fingerprint density at radius 2 is 1.87 bits per heavy atom. The van der Waals surface area contributed by atoms with Crippen LogP contribution >= 0.6 is 0 Å². The van der Waals surface area contributed by atoms with E-state index in [2.05, 4.69) is 10.5 Å². The van der Waals surface area contributed by atoms with Crippen molar-refractivity contribution >= 4 is 23.1 Å². The maximum Gasteiger partial charge on any atom is 0.271 e. The molecule has 6 heteroatoms. The standard InChI is InChI=1S/C17H11FN2O3/c18-13-7-5-11(6-8-13)17(22)20-19-9-12-10-23-15-4-2-1-3-14(15)16(12)21/h1-10H,(H,20,22)/b19-9+. The summed E-state index contributed by atoms with van der Waals surface area (Å²) < 4.78 is 18.1. The van der Waals surface area contributed by atoms with Gasteiger partial charge in [0.05, 0.1) is 17.2 Å². The van der Waals surface area contributed by atoms with Gasteiger partial charge in [0.1, 0.15) is 17.7 Å². The minimum absolute atomic E-state index is 0.211. The van der Waals surface area contributed by atoms with Crippen LogP contribution in [-0.2, 0) is 0 Å². The minimum Gasteiger partial charge on any atom is -0.463 e. The number of fused-ring (bicyclic) bond motifs is 1. The van der Waals surface area contributed by atoms with Crippen molar-refractivity contribution in [3.05, 3.63) is 82.0 Å². The normalized spacial score (nSPS) is 11.0. The van der Waals surface area contributed by atoms with E-state index in [1.54, 1.807) is 24.3 Å². The van der Waals surface area contributed by atoms with Crippen LogP contribution < -0.4 is 10.9 Å². The van der Waals surface area contributed by atoms with Crippen molar-refractivity contribution in [3.63, 3.8) is 0 Å². The number of rotatable bonds is 3. The van der Waals surface area contributed by atoms with Gasteiger partial charge in [-0.3, -0.25) is 9.59 Å². The Hall–Kier alpha value is -3.28. The molecule has 5 nitrogen and oxygen atoms in total. The van der Waals surface area contributed by atoms with E-state index in [-0.39, 0.29) is 16.6 Å². The summed E-state index contributed by atoms with van der Waals surface area (Å²) in [6.45, 7) is 0. The van der Waals surface area contributed by atoms with Crippen LogP contribution in [0.2, 0.25) is 0 Å². The lowest BCUT2D eigenvalue weighted by atomic mass is 10.2. The first kappa shape index (κ1) is 14.6. The van der Waals surface area contributed by atoms with Gasteiger partial charge in [0, 0.05) is 5.56 Å². The number of hydrogen-bond acceptors (Lipinski definition) is 4. The van der Waals surface area contributed by atoms with Crippen LogP contribution in [0.4, 0.5) is 4.39 Å². The maximum atomic E-state index is 12.8. The average molecular weight is 310 g/mol. The van der Waals surface area contributed by atoms with E-state index in [4.69, 9.17) is 4.42 Å². The predicted molar refractivity (Wildman–Crippen MR) is 83.9 cm³/mol. The smallest absolute Gasteiger partial charge is 0.271 e. The van der Waals surface area contributed by atoms with Crippen LogP contribution in [0.25, 0.3) is 11.0 Å². The van der Waals surface area contributed by atoms with Gasteiger partial charge >= 0.3 is 0 Å². The fraction of sp³-hybridized carbons (Fsp3) is 0. The second kappa shape index (κ2) is 6.23. The molecule has 3 rings (SSSR count). The van der Waals surface area contributed by atoms with Gasteiger partial charge < -0.3 is 4.42 Å². The van der Waals surface area contributed by atoms with Crippen molar-refractivity contribution in [1.29, 1.82) is 0 Å². The van der Waals surface area contributed by atoms with Crippen LogP contribution in [0, 0.1) is 5.82 Å². The van der Waals surface area contributed by atoms with Crippen molar-refractivity contribution in [1.82, 2.24) is 5.43 Å². The van der Waals surface area contributed by atoms with Crippen molar-refractivity contribution in [2.45, 2.75) is 0 Å². The third-order valence-corrected chi connectivity index (χ3v) is 3.18. The lowest BCUT2D eigenvalue weighted by Crippen LogP contribution is -2.18. The fourth-order valence-corrected chi connectivity index (χ4v) is 2.01. The summed E-state index contributed by atoms with van der Waals surface area (Å²) in [5, 5.41) is 4.16. The quantitative estimate of drug-likeness (QED) is 0.597. The molecule has 0 aliphatic carbocycles. The fourth-order valence-electron chi connectivity index (χ4n) is 2.01. The number of nitrogens with one attached hydrogen (secondary N) is 1. The van der Waals surface area contributed by atoms with E-state index in [0.29, 0.717) is 11.0 Å². The van der Waals surface area contributed by atoms with Crippen molar-refractivity contribution in [3.8, 4) is 0 Å². The number of nitrogens with zero attached hydrogens (tertiary/aromatic N) is 1. The third kappa shape index (κ3) is 3.16. The van der Waals surface area contributed by atoms with Gasteiger partial charge in [-0.2, -0.15) is 5.10 Å². The lowest BCUT2D eigenvalue weighted by molar-refractivity contribution is 0.0955. The zero-order chi connectivity index (χ0) is 16.2. The second-order valence-corrected chi connectivity index (χ2v) is 4.72. The molecule has 0 unspecified atom stereocenters. The second-order valence-electron chi connectivity index (χ2n) is 4.72. The Morgan fingerprint density at radius 1 is 1.13 bits per heavy atom. The summed E-state index contributed by atoms with van der Waals surface area (Å²) in [6, 6.07) is 11.9. The zero-order valence-corrected chi connectivity index (χ0v) is 11.8. The monoisotopic (exact) mass is 310 g/mol. The third-order valence-electron chi connectivity index (χ3n) is 3.18. The van der Waals surface area contributed by atoms with E-state index >= 15 is 0 Å². The van der Waals surface area contributed by atoms with Crippen molar-refractivity contribution < 1.29 is 13.6 Å². The average Bonchev–Trinajstić information content (AvgIpc) is 2.57. The summed E-state index contributed by atoms with van der Waals surface area (Å²) in [5.74, 6) is -0.940. The molecule has 114 valence electrons. The Labute approximate surface area is 130 Å². The van der Waals surface area contributed by atoms with Gasteiger partial charge in [-0.15, -0.1) is 0 Å². The van der Waals surface area contributed by atoms with Crippen LogP contribution in [0.15, 0.2) is 69.1 Å². The van der Waals surface area contributed by atoms with E-state index < -0.39 is 11.7 Å². The Kier molecular flexibility index (Phi) is 3.97. The van der Waals surface area contributed by atoms with Crippen LogP contribution in [0.3, 0.4) is 0 Å². The molecule has 0 atom stereocenters. The molecule has 0 saturated heterocycles. The van der Waals surface area contributed by atoms with Gasteiger partial charge in [0.25, 0.3) is 5.91 Å². The highest BCUT2D eigenvalue weighted by molar-refractivity contribution is 5.95. The molecule has 0 fully saturated rings. The van der Waals surface area contributed by atoms with Crippen LogP contribution in [0.5, 0.6) is 0 Å². The van der Waals surface area contributed by atoms with E-state index in [0.717, 1.165) is 0 Å². The molecule has 0 saturated carbocycles. The molecular formula is C17H11FN2O3. The Bertz CT molecular complexity index is 946. The number of hydrazone groups is 1. The molecule has 0 bridgehead atoms. The number of hydrogen-bond donors (Lipinski definition) is 1. The first-order chi connectivity index (χ1) is 11.1. The molecule has 0 spiro atoms. The number of amides is 1. The number of carbonyl (C=O) groups excluding carboxylic acids is 1. The van der Waals surface area contributed by atoms with Gasteiger partial charge in [0.2, 0.25) is 5.43 Å². The summed E-state index contributed by atoms with van der Waals surface area (Å²) in [5.41, 5.74) is 2.97. The van der Waals surface area contributed by atoms with E-state index in [1.165, 1.54) is 36.7 Å². The summed E-state index contributed by atoms with van der Waals surface area (Å²) in [7, 11) is 0. The molecule has 23 heavy (non-hydrogen) atoms. The van der Waals surface area contributed by atoms with Gasteiger partial charge in [0.15, 0.2) is 0 Å². The number of para-hydroxylation sites is 1. The summed E-state index contributed by atoms with van der Waals surface area (Å²) >= 11 is 0. The van der Waals surface area contributed by atoms with Crippen molar-refractivity contribution in [2.75, 3.05) is 0 Å². The van der Waals surface area contributed by atoms with Gasteiger partial charge in [-0.1, -0.05) is 12.1 Å². The molecule has 2 aromatic carbocycles. The SMILES string of the molecule is O=C(N/N=C/c1coc2ccccc2c1=O)c1ccc(F)cc1. The molecule has 1 amide bonds. The molecule has 1 N–H and O–H groups in total. The molecule has 1 aromatic heterocycles. The Balaban J connectivity index is 1.78. The first-order valence-corrected chi connectivity index (χ1v) is 6.74. The van der Waals surface area contributed by atoms with Crippen LogP contribution in [0.1, 0.15) is 15.9 Å². The molecule has 0 aliphatic heterocycles. The highest BCUT2D eigenvalue weighted by Gasteiger charge is 2.06. The maximum absolute atomic E-state index is 12.8. The van der Waals surface area contributed by atoms with E-state index in [1.807, 2.05) is 0 Å². The summed E-state index contributed by atoms with van der Waals surface area (Å²) in [6.07, 6.45) is 2.48. The highest BCUT2D eigenvalue weighted by Crippen LogP contribution is 2.09. The highest BCUT2D eigenvalue weighted by atomic mass is 19.1. The molecule has 0 aliphatic rings. The number of halogens is 1. The lowest BCUT2D eigenvalue weighted by Gasteiger charge is -2.00. The number of carbonyl (C=O) groups is 1. The molecule has 3 aromatic rings. The Morgan fingerprint density at radius 3 is 2.65 bits per heavy atom. The number of benzene rings is 2. The molecular weight excluding hydrogens is 299 g/mol. The largest absolute Gasteiger partial charge is 0.463 e. The topological polar surface area (TPSA) is 71.7 Å². The van der Waals surface area contributed by atoms with Gasteiger partial charge in [-0.25, -0.2) is 9.82 Å².